The van der Waals surface area contributed by atoms with Gasteiger partial charge in [-0.3, -0.25) is 4.79 Å². The number of aliphatic hydroxyl groups is 2. The van der Waals surface area contributed by atoms with Gasteiger partial charge in [0.25, 0.3) is 0 Å². The van der Waals surface area contributed by atoms with E-state index in [0.29, 0.717) is 11.1 Å². The van der Waals surface area contributed by atoms with Crippen molar-refractivity contribution in [3.05, 3.63) is 35.4 Å². The van der Waals surface area contributed by atoms with Crippen LogP contribution in [0.25, 0.3) is 0 Å². The summed E-state index contributed by atoms with van der Waals surface area (Å²) in [4.78, 5) is 11.1. The maximum atomic E-state index is 11.1. The summed E-state index contributed by atoms with van der Waals surface area (Å²) in [6, 6.07) is 6.79. The zero-order valence-electron chi connectivity index (χ0n) is 10.2. The van der Waals surface area contributed by atoms with E-state index < -0.39 is 11.7 Å². The fourth-order valence-electron chi connectivity index (χ4n) is 2.08. The van der Waals surface area contributed by atoms with Gasteiger partial charge in [-0.1, -0.05) is 24.3 Å². The molecule has 1 aromatic rings. The van der Waals surface area contributed by atoms with Crippen molar-refractivity contribution in [2.24, 2.45) is 5.92 Å². The van der Waals surface area contributed by atoms with Crippen LogP contribution in [-0.2, 0) is 5.60 Å². The van der Waals surface area contributed by atoms with Gasteiger partial charge in [0.2, 0.25) is 0 Å². The van der Waals surface area contributed by atoms with Crippen LogP contribution >= 0.6 is 0 Å². The molecular formula is C14H18O3. The number of aliphatic hydroxyl groups excluding tert-OH is 1. The Kier molecular flexibility index (Phi) is 3.06. The summed E-state index contributed by atoms with van der Waals surface area (Å²) in [5.41, 5.74) is 0.0311. The van der Waals surface area contributed by atoms with E-state index >= 15 is 0 Å². The van der Waals surface area contributed by atoms with Crippen LogP contribution in [0.3, 0.4) is 0 Å². The minimum absolute atomic E-state index is 0.000987. The molecule has 2 N–H and O–H groups in total. The quantitative estimate of drug-likeness (QED) is 0.782. The van der Waals surface area contributed by atoms with E-state index in [4.69, 9.17) is 0 Å². The predicted octanol–water partition coefficient (Wildman–Crippen LogP) is 1.87. The van der Waals surface area contributed by atoms with Crippen molar-refractivity contribution in [2.45, 2.75) is 38.4 Å². The van der Waals surface area contributed by atoms with Crippen LogP contribution in [-0.4, -0.2) is 22.1 Å². The minimum atomic E-state index is -1.24. The molecule has 0 radical (unpaired) electrons. The fraction of sp³-hybridized carbons (Fsp3) is 0.500. The number of Topliss-reactive ketones (excluding diaryl/α,β-unsaturated/α-hetero) is 1. The highest BCUT2D eigenvalue weighted by Crippen LogP contribution is 2.40. The molecule has 0 amide bonds. The first kappa shape index (κ1) is 12.3. The zero-order valence-corrected chi connectivity index (χ0v) is 10.2. The van der Waals surface area contributed by atoms with E-state index in [-0.39, 0.29) is 11.7 Å². The third-order valence-electron chi connectivity index (χ3n) is 3.52. The average Bonchev–Trinajstić information content (AvgIpc) is 3.12. The third-order valence-corrected chi connectivity index (χ3v) is 3.52. The number of rotatable bonds is 4. The summed E-state index contributed by atoms with van der Waals surface area (Å²) in [5, 5.41) is 20.4. The molecule has 0 aliphatic heterocycles. The van der Waals surface area contributed by atoms with Crippen LogP contribution in [0.15, 0.2) is 24.3 Å². The van der Waals surface area contributed by atoms with Crippen LogP contribution in [0.4, 0.5) is 0 Å². The first-order valence-electron chi connectivity index (χ1n) is 5.95. The summed E-state index contributed by atoms with van der Waals surface area (Å²) in [5.74, 6) is 0.205. The molecule has 2 rings (SSSR count). The topological polar surface area (TPSA) is 57.5 Å². The van der Waals surface area contributed by atoms with Gasteiger partial charge in [0, 0.05) is 5.56 Å². The number of hydrogen-bond acceptors (Lipinski definition) is 3. The number of carbonyl (C=O) groups excluding carboxylic acids is 1. The monoisotopic (exact) mass is 234 g/mol. The standard InChI is InChI=1S/C14H18O3/c1-9(15)10-5-7-12(8-6-10)14(2,17)13(16)11-3-4-11/h5-8,11,13,16-17H,3-4H2,1-2H3. The first-order chi connectivity index (χ1) is 7.93. The fourth-order valence-corrected chi connectivity index (χ4v) is 2.08. The first-order valence-corrected chi connectivity index (χ1v) is 5.95. The highest BCUT2D eigenvalue weighted by Gasteiger charge is 2.42. The van der Waals surface area contributed by atoms with Crippen molar-refractivity contribution in [2.75, 3.05) is 0 Å². The molecule has 2 unspecified atom stereocenters. The van der Waals surface area contributed by atoms with Gasteiger partial charge in [0.05, 0.1) is 6.10 Å². The molecule has 0 spiro atoms. The van der Waals surface area contributed by atoms with Crippen molar-refractivity contribution in [1.29, 1.82) is 0 Å². The molecule has 92 valence electrons. The van der Waals surface area contributed by atoms with Gasteiger partial charge in [0.15, 0.2) is 5.78 Å². The van der Waals surface area contributed by atoms with Gasteiger partial charge in [-0.2, -0.15) is 0 Å². The van der Waals surface area contributed by atoms with Crippen molar-refractivity contribution in [3.63, 3.8) is 0 Å². The lowest BCUT2D eigenvalue weighted by Gasteiger charge is -2.29. The number of benzene rings is 1. The lowest BCUT2D eigenvalue weighted by atomic mass is 9.87. The van der Waals surface area contributed by atoms with E-state index in [2.05, 4.69) is 0 Å². The molecule has 0 saturated heterocycles. The molecule has 0 aromatic heterocycles. The van der Waals surface area contributed by atoms with Gasteiger partial charge in [-0.05, 0) is 38.2 Å². The summed E-state index contributed by atoms with van der Waals surface area (Å²) >= 11 is 0. The minimum Gasteiger partial charge on any atom is -0.389 e. The summed E-state index contributed by atoms with van der Waals surface area (Å²) < 4.78 is 0. The maximum Gasteiger partial charge on any atom is 0.159 e. The molecule has 1 saturated carbocycles. The zero-order chi connectivity index (χ0) is 12.6. The second-order valence-corrected chi connectivity index (χ2v) is 5.06. The molecule has 1 aliphatic rings. The number of ketones is 1. The van der Waals surface area contributed by atoms with Crippen molar-refractivity contribution < 1.29 is 15.0 Å². The van der Waals surface area contributed by atoms with Crippen LogP contribution in [0.5, 0.6) is 0 Å². The van der Waals surface area contributed by atoms with Gasteiger partial charge in [-0.25, -0.2) is 0 Å². The summed E-state index contributed by atoms with van der Waals surface area (Å²) in [6.07, 6.45) is 1.22. The molecule has 17 heavy (non-hydrogen) atoms. The predicted molar refractivity (Wildman–Crippen MR) is 64.7 cm³/mol. The second-order valence-electron chi connectivity index (χ2n) is 5.06. The van der Waals surface area contributed by atoms with Gasteiger partial charge in [0.1, 0.15) is 5.60 Å². The molecule has 0 heterocycles. The maximum absolute atomic E-state index is 11.1. The van der Waals surface area contributed by atoms with E-state index in [9.17, 15) is 15.0 Å². The second kappa shape index (κ2) is 4.24. The lowest BCUT2D eigenvalue weighted by molar-refractivity contribution is -0.0770. The molecule has 1 fully saturated rings. The highest BCUT2D eigenvalue weighted by molar-refractivity contribution is 5.94. The van der Waals surface area contributed by atoms with Crippen LogP contribution in [0, 0.1) is 5.92 Å². The van der Waals surface area contributed by atoms with Gasteiger partial charge >= 0.3 is 0 Å². The van der Waals surface area contributed by atoms with E-state index in [0.717, 1.165) is 12.8 Å². The molecular weight excluding hydrogens is 216 g/mol. The third kappa shape index (κ3) is 2.40. The van der Waals surface area contributed by atoms with E-state index in [1.54, 1.807) is 31.2 Å². The van der Waals surface area contributed by atoms with Crippen LogP contribution in [0.1, 0.15) is 42.6 Å². The van der Waals surface area contributed by atoms with Gasteiger partial charge in [-0.15, -0.1) is 0 Å². The smallest absolute Gasteiger partial charge is 0.159 e. The van der Waals surface area contributed by atoms with E-state index in [1.807, 2.05) is 0 Å². The average molecular weight is 234 g/mol. The summed E-state index contributed by atoms with van der Waals surface area (Å²) in [7, 11) is 0. The lowest BCUT2D eigenvalue weighted by Crippen LogP contribution is -2.38. The Balaban J connectivity index is 2.23. The number of carbonyl (C=O) groups is 1. The van der Waals surface area contributed by atoms with Crippen LogP contribution < -0.4 is 0 Å². The molecule has 0 bridgehead atoms. The molecule has 2 atom stereocenters. The number of hydrogen-bond donors (Lipinski definition) is 2. The largest absolute Gasteiger partial charge is 0.389 e. The van der Waals surface area contributed by atoms with E-state index in [1.165, 1.54) is 6.92 Å². The van der Waals surface area contributed by atoms with Crippen molar-refractivity contribution in [1.82, 2.24) is 0 Å². The Bertz CT molecular complexity index is 416. The Morgan fingerprint density at radius 3 is 2.29 bits per heavy atom. The Labute approximate surface area is 101 Å². The SMILES string of the molecule is CC(=O)c1ccc(C(C)(O)C(O)C2CC2)cc1. The molecule has 3 heteroatoms. The Morgan fingerprint density at radius 1 is 1.35 bits per heavy atom. The van der Waals surface area contributed by atoms with Crippen molar-refractivity contribution in [3.8, 4) is 0 Å². The molecule has 3 nitrogen and oxygen atoms in total. The Hall–Kier alpha value is -1.19. The molecule has 1 aromatic carbocycles. The highest BCUT2D eigenvalue weighted by atomic mass is 16.3. The van der Waals surface area contributed by atoms with Crippen molar-refractivity contribution >= 4 is 5.78 Å². The Morgan fingerprint density at radius 2 is 1.88 bits per heavy atom. The molecule has 1 aliphatic carbocycles. The summed E-state index contributed by atoms with van der Waals surface area (Å²) in [6.45, 7) is 3.13. The van der Waals surface area contributed by atoms with Gasteiger partial charge < -0.3 is 10.2 Å². The van der Waals surface area contributed by atoms with Crippen LogP contribution in [0.2, 0.25) is 0 Å². The normalized spacial score (nSPS) is 20.7.